The van der Waals surface area contributed by atoms with Gasteiger partial charge in [-0.3, -0.25) is 9.59 Å². The molecule has 6 N–H and O–H groups in total. The number of halogens is 4. The van der Waals surface area contributed by atoms with Gasteiger partial charge in [-0.05, 0) is 96.0 Å². The van der Waals surface area contributed by atoms with Crippen LogP contribution in [0.25, 0.3) is 0 Å². The summed E-state index contributed by atoms with van der Waals surface area (Å²) in [6.45, 7) is 3.55. The van der Waals surface area contributed by atoms with E-state index in [9.17, 15) is 36.6 Å². The van der Waals surface area contributed by atoms with Gasteiger partial charge in [-0.2, -0.15) is 0 Å². The third-order valence-electron chi connectivity index (χ3n) is 11.9. The topological polar surface area (TPSA) is 234 Å². The zero-order valence-electron chi connectivity index (χ0n) is 39.8. The van der Waals surface area contributed by atoms with Gasteiger partial charge in [0.2, 0.25) is 20.0 Å². The number of rotatable bonds is 27. The Labute approximate surface area is 440 Å². The van der Waals surface area contributed by atoms with Crippen molar-refractivity contribution in [1.82, 2.24) is 29.9 Å². The number of nitrogens with zero attached hydrogens (tertiary/aromatic N) is 2. The van der Waals surface area contributed by atoms with Crippen molar-refractivity contribution in [3.63, 3.8) is 0 Å². The van der Waals surface area contributed by atoms with Crippen molar-refractivity contribution >= 4 is 78.3 Å². The SMILES string of the molecule is CN1Cc2c(Cl)cc(Cl)cc2C(c2ccc(S(=O)(=O)NCCOCCOCCNC(=O)[C@@H](O)[C@@H](O)C(=O)NCCOCCOCCNS(=O)(=O)c3ccc(C4CN(C)Cc5c(Cl)cc(Cl)cc54)cc3)cc2)C1. The number of aliphatic hydroxyl groups is 2. The number of sulfonamides is 2. The molecule has 4 atom stereocenters. The van der Waals surface area contributed by atoms with Gasteiger partial charge in [-0.15, -0.1) is 0 Å². The third-order valence-corrected chi connectivity index (χ3v) is 16.0. The van der Waals surface area contributed by atoms with E-state index in [0.29, 0.717) is 33.2 Å². The van der Waals surface area contributed by atoms with E-state index >= 15 is 0 Å². The molecule has 2 aliphatic heterocycles. The van der Waals surface area contributed by atoms with Crippen LogP contribution in [0.5, 0.6) is 0 Å². The summed E-state index contributed by atoms with van der Waals surface area (Å²) in [4.78, 5) is 29.1. The maximum absolute atomic E-state index is 12.9. The molecular weight excluding hydrogens is 1060 g/mol. The Hall–Kier alpha value is -3.52. The zero-order valence-corrected chi connectivity index (χ0v) is 44.4. The number of benzene rings is 4. The minimum Gasteiger partial charge on any atom is -0.380 e. The van der Waals surface area contributed by atoms with Crippen LogP contribution in [0.3, 0.4) is 0 Å². The summed E-state index contributed by atoms with van der Waals surface area (Å²) in [5.74, 6) is -2.03. The minimum absolute atomic E-state index is 0.0202. The van der Waals surface area contributed by atoms with E-state index in [1.807, 2.05) is 26.2 Å². The van der Waals surface area contributed by atoms with Gasteiger partial charge in [0, 0.05) is 84.3 Å². The number of fused-ring (bicyclic) bond motifs is 2. The Bertz CT molecular complexity index is 2510. The van der Waals surface area contributed by atoms with E-state index in [1.165, 1.54) is 0 Å². The fourth-order valence-corrected chi connectivity index (χ4v) is 11.5. The molecule has 4 aromatic carbocycles. The standard InChI is InChI=1S/C48H60Cl4N6O12S2/c1-57-27-39(37-23-33(49)25-43(51)41(37)29-57)31-3-7-35(8-4-31)71(63,64)55-13-17-69-21-19-67-15-11-53-47(61)45(59)46(60)48(62)54-12-16-68-20-22-70-18-14-56-72(65,66)36-9-5-32(6-10-36)40-28-58(2)30-42-38(40)24-34(50)26-44(42)52/h3-10,23-26,39-40,45-46,55-56,59-60H,11-22,27-30H2,1-2H3,(H,53,61)(H,54,62)/t39?,40?,45-,46+. The van der Waals surface area contributed by atoms with E-state index < -0.39 is 44.1 Å². The molecule has 18 nitrogen and oxygen atoms in total. The molecule has 0 aromatic heterocycles. The summed E-state index contributed by atoms with van der Waals surface area (Å²) >= 11 is 25.6. The molecule has 0 saturated carbocycles. The van der Waals surface area contributed by atoms with Gasteiger partial charge in [0.05, 0.1) is 62.6 Å². The molecule has 394 valence electrons. The number of carbonyl (C=O) groups excluding carboxylic acids is 2. The molecule has 6 rings (SSSR count). The summed E-state index contributed by atoms with van der Waals surface area (Å²) in [5.41, 5.74) is 5.93. The molecule has 72 heavy (non-hydrogen) atoms. The average Bonchev–Trinajstić information content (AvgIpc) is 3.34. The Morgan fingerprint density at radius 2 is 0.889 bits per heavy atom. The Balaban J connectivity index is 0.754. The van der Waals surface area contributed by atoms with Crippen LogP contribution in [-0.2, 0) is 61.7 Å². The summed E-state index contributed by atoms with van der Waals surface area (Å²) in [7, 11) is -3.60. The predicted octanol–water partition coefficient (Wildman–Crippen LogP) is 3.73. The van der Waals surface area contributed by atoms with Gasteiger partial charge in [0.1, 0.15) is 0 Å². The Morgan fingerprint density at radius 3 is 1.24 bits per heavy atom. The molecule has 2 aliphatic rings. The third kappa shape index (κ3) is 16.2. The van der Waals surface area contributed by atoms with Crippen molar-refractivity contribution in [2.24, 2.45) is 0 Å². The number of likely N-dealkylation sites (N-methyl/N-ethyl adjacent to an activating group) is 2. The second-order valence-electron chi connectivity index (χ2n) is 17.3. The molecule has 0 fully saturated rings. The highest BCUT2D eigenvalue weighted by atomic mass is 35.5. The first-order chi connectivity index (χ1) is 34.3. The van der Waals surface area contributed by atoms with E-state index in [2.05, 4.69) is 29.9 Å². The molecule has 24 heteroatoms. The maximum Gasteiger partial charge on any atom is 0.252 e. The summed E-state index contributed by atoms with van der Waals surface area (Å²) < 4.78 is 78.4. The molecule has 0 bridgehead atoms. The van der Waals surface area contributed by atoms with Crippen LogP contribution in [0.1, 0.15) is 45.2 Å². The van der Waals surface area contributed by atoms with E-state index in [4.69, 9.17) is 65.4 Å². The second-order valence-corrected chi connectivity index (χ2v) is 22.5. The van der Waals surface area contributed by atoms with Crippen molar-refractivity contribution in [3.8, 4) is 0 Å². The largest absolute Gasteiger partial charge is 0.380 e. The highest BCUT2D eigenvalue weighted by Crippen LogP contribution is 2.40. The van der Waals surface area contributed by atoms with Crippen LogP contribution in [0.2, 0.25) is 20.1 Å². The molecule has 0 saturated heterocycles. The lowest BCUT2D eigenvalue weighted by Crippen LogP contribution is -2.50. The van der Waals surface area contributed by atoms with Crippen molar-refractivity contribution in [2.75, 3.05) is 106 Å². The van der Waals surface area contributed by atoms with E-state index in [1.54, 1.807) is 60.7 Å². The molecule has 2 amide bonds. The second kappa shape index (κ2) is 27.3. The molecule has 4 aromatic rings. The first-order valence-electron chi connectivity index (χ1n) is 23.1. The highest BCUT2D eigenvalue weighted by Gasteiger charge is 2.31. The molecule has 0 spiro atoms. The molecule has 2 heterocycles. The quantitative estimate of drug-likeness (QED) is 0.0468. The first kappa shape index (κ1) is 57.8. The number of carbonyl (C=O) groups is 2. The van der Waals surface area contributed by atoms with E-state index in [0.717, 1.165) is 46.5 Å². The molecule has 0 aliphatic carbocycles. The highest BCUT2D eigenvalue weighted by molar-refractivity contribution is 7.89. The Kier molecular flexibility index (Phi) is 21.9. The van der Waals surface area contributed by atoms with Crippen molar-refractivity contribution in [1.29, 1.82) is 0 Å². The normalized spacial score (nSPS) is 17.2. The van der Waals surface area contributed by atoms with Gasteiger partial charge in [-0.25, -0.2) is 26.3 Å². The fraction of sp³-hybridized carbons (Fsp3) is 0.458. The molecule has 2 unspecified atom stereocenters. The lowest BCUT2D eigenvalue weighted by Gasteiger charge is -2.33. The minimum atomic E-state index is -3.80. The van der Waals surface area contributed by atoms with E-state index in [-0.39, 0.29) is 101 Å². The lowest BCUT2D eigenvalue weighted by atomic mass is 9.85. The van der Waals surface area contributed by atoms with Gasteiger partial charge in [0.15, 0.2) is 12.2 Å². The van der Waals surface area contributed by atoms with Crippen LogP contribution in [0, 0.1) is 0 Å². The maximum atomic E-state index is 12.9. The molecular formula is C48H60Cl4N6O12S2. The van der Waals surface area contributed by atoms with Crippen molar-refractivity contribution in [2.45, 2.75) is 46.9 Å². The van der Waals surface area contributed by atoms with Crippen LogP contribution in [0.4, 0.5) is 0 Å². The summed E-state index contributed by atoms with van der Waals surface area (Å²) in [5, 5.41) is 27.4. The average molecular weight is 1120 g/mol. The molecule has 0 radical (unpaired) electrons. The first-order valence-corrected chi connectivity index (χ1v) is 27.6. The smallest absolute Gasteiger partial charge is 0.252 e. The van der Waals surface area contributed by atoms with Gasteiger partial charge in [0.25, 0.3) is 11.8 Å². The summed E-state index contributed by atoms with van der Waals surface area (Å²) in [6, 6.07) is 20.7. The Morgan fingerprint density at radius 1 is 0.556 bits per heavy atom. The van der Waals surface area contributed by atoms with Crippen LogP contribution < -0.4 is 20.1 Å². The van der Waals surface area contributed by atoms with Crippen LogP contribution >= 0.6 is 46.4 Å². The van der Waals surface area contributed by atoms with Crippen molar-refractivity contribution < 1.29 is 55.6 Å². The number of nitrogens with one attached hydrogen (secondary N) is 4. The number of amides is 2. The zero-order chi connectivity index (χ0) is 52.0. The van der Waals surface area contributed by atoms with Gasteiger partial charge in [-0.1, -0.05) is 70.7 Å². The lowest BCUT2D eigenvalue weighted by molar-refractivity contribution is -0.146. The number of aliphatic hydroxyl groups excluding tert-OH is 2. The predicted molar refractivity (Wildman–Crippen MR) is 274 cm³/mol. The monoisotopic (exact) mass is 1120 g/mol. The van der Waals surface area contributed by atoms with Crippen LogP contribution in [0.15, 0.2) is 82.6 Å². The number of hydrogen-bond donors (Lipinski definition) is 6. The van der Waals surface area contributed by atoms with Crippen LogP contribution in [-0.4, -0.2) is 167 Å². The van der Waals surface area contributed by atoms with Gasteiger partial charge < -0.3 is 49.6 Å². The number of hydrogen-bond acceptors (Lipinski definition) is 14. The summed E-state index contributed by atoms with van der Waals surface area (Å²) in [6.07, 6.45) is -4.09. The van der Waals surface area contributed by atoms with Gasteiger partial charge >= 0.3 is 0 Å². The number of ether oxygens (including phenoxy) is 4. The fourth-order valence-electron chi connectivity index (χ4n) is 8.32. The van der Waals surface area contributed by atoms with Crippen molar-refractivity contribution in [3.05, 3.63) is 126 Å².